The Morgan fingerprint density at radius 1 is 1.10 bits per heavy atom. The number of sulfonamides is 1. The van der Waals surface area contributed by atoms with Crippen LogP contribution in [0.25, 0.3) is 0 Å². The first kappa shape index (κ1) is 21.4. The van der Waals surface area contributed by atoms with Crippen molar-refractivity contribution in [1.29, 1.82) is 0 Å². The van der Waals surface area contributed by atoms with Crippen molar-refractivity contribution in [2.45, 2.75) is 0 Å². The van der Waals surface area contributed by atoms with Gasteiger partial charge in [0.05, 0.1) is 24.7 Å². The van der Waals surface area contributed by atoms with E-state index in [2.05, 4.69) is 20.8 Å². The maximum Gasteiger partial charge on any atom is 0.243 e. The molecule has 0 saturated carbocycles. The Morgan fingerprint density at radius 2 is 1.79 bits per heavy atom. The minimum atomic E-state index is -3.59. The summed E-state index contributed by atoms with van der Waals surface area (Å²) in [5, 5.41) is 0. The van der Waals surface area contributed by atoms with Crippen LogP contribution >= 0.6 is 15.9 Å². The van der Waals surface area contributed by atoms with E-state index in [-0.39, 0.29) is 12.5 Å². The third kappa shape index (κ3) is 5.22. The zero-order valence-corrected chi connectivity index (χ0v) is 18.8. The Balaban J connectivity index is 1.68. The number of carbonyl (C=O) groups is 1. The Kier molecular flexibility index (Phi) is 6.69. The number of anilines is 2. The van der Waals surface area contributed by atoms with Crippen LogP contribution in [0.1, 0.15) is 0 Å². The predicted molar refractivity (Wildman–Crippen MR) is 118 cm³/mol. The van der Waals surface area contributed by atoms with Gasteiger partial charge in [0.25, 0.3) is 0 Å². The Hall–Kier alpha value is -2.26. The second-order valence-electron chi connectivity index (χ2n) is 6.79. The Morgan fingerprint density at radius 3 is 2.41 bits per heavy atom. The molecule has 0 radical (unpaired) electrons. The highest BCUT2D eigenvalue weighted by Crippen LogP contribution is 2.28. The fourth-order valence-corrected chi connectivity index (χ4v) is 4.57. The third-order valence-corrected chi connectivity index (χ3v) is 6.47. The van der Waals surface area contributed by atoms with E-state index in [4.69, 9.17) is 4.74 Å². The van der Waals surface area contributed by atoms with Crippen LogP contribution < -0.4 is 13.9 Å². The van der Waals surface area contributed by atoms with Crippen LogP contribution in [0.15, 0.2) is 53.0 Å². The number of nitrogens with zero attached hydrogens (tertiary/aromatic N) is 3. The van der Waals surface area contributed by atoms with Crippen molar-refractivity contribution in [1.82, 2.24) is 4.90 Å². The molecule has 1 heterocycles. The number of benzene rings is 2. The molecule has 1 aliphatic rings. The van der Waals surface area contributed by atoms with Gasteiger partial charge in [-0.1, -0.05) is 34.1 Å². The molecule has 1 aliphatic heterocycles. The average molecular weight is 482 g/mol. The molecule has 9 heteroatoms. The molecule has 0 bridgehead atoms. The lowest BCUT2D eigenvalue weighted by Crippen LogP contribution is -2.52. The molecular formula is C20H24BrN3O4S. The van der Waals surface area contributed by atoms with Crippen molar-refractivity contribution in [2.75, 3.05) is 55.3 Å². The number of rotatable bonds is 6. The van der Waals surface area contributed by atoms with Gasteiger partial charge in [-0.2, -0.15) is 0 Å². The van der Waals surface area contributed by atoms with Gasteiger partial charge in [-0.05, 0) is 30.3 Å². The fraction of sp³-hybridized carbons (Fsp3) is 0.350. The summed E-state index contributed by atoms with van der Waals surface area (Å²) in [6, 6.07) is 14.7. The van der Waals surface area contributed by atoms with Crippen molar-refractivity contribution in [2.24, 2.45) is 0 Å². The Labute approximate surface area is 180 Å². The van der Waals surface area contributed by atoms with E-state index in [1.54, 1.807) is 30.2 Å². The van der Waals surface area contributed by atoms with Crippen LogP contribution in [0.2, 0.25) is 0 Å². The lowest BCUT2D eigenvalue weighted by Gasteiger charge is -2.37. The van der Waals surface area contributed by atoms with Gasteiger partial charge in [-0.3, -0.25) is 9.10 Å². The first-order valence-corrected chi connectivity index (χ1v) is 11.8. The molecule has 7 nitrogen and oxygen atoms in total. The van der Waals surface area contributed by atoms with Crippen molar-refractivity contribution >= 4 is 43.2 Å². The van der Waals surface area contributed by atoms with E-state index in [0.29, 0.717) is 31.9 Å². The van der Waals surface area contributed by atoms with Crippen LogP contribution in [0, 0.1) is 0 Å². The van der Waals surface area contributed by atoms with Gasteiger partial charge in [-0.25, -0.2) is 8.42 Å². The van der Waals surface area contributed by atoms with Gasteiger partial charge in [0.2, 0.25) is 15.9 Å². The average Bonchev–Trinajstić information content (AvgIpc) is 2.71. The van der Waals surface area contributed by atoms with Gasteiger partial charge >= 0.3 is 0 Å². The van der Waals surface area contributed by atoms with Crippen LogP contribution in [0.4, 0.5) is 11.4 Å². The van der Waals surface area contributed by atoms with E-state index in [1.807, 2.05) is 30.3 Å². The number of hydrogen-bond acceptors (Lipinski definition) is 5. The molecule has 2 aromatic carbocycles. The summed E-state index contributed by atoms with van der Waals surface area (Å²) in [5.74, 6) is 0.584. The highest BCUT2D eigenvalue weighted by Gasteiger charge is 2.27. The summed E-state index contributed by atoms with van der Waals surface area (Å²) in [6.45, 7) is 2.13. The normalized spacial score (nSPS) is 14.6. The second-order valence-corrected chi connectivity index (χ2v) is 9.61. The fourth-order valence-electron chi connectivity index (χ4n) is 3.34. The lowest BCUT2D eigenvalue weighted by molar-refractivity contribution is -0.129. The number of para-hydroxylation sites is 2. The molecule has 29 heavy (non-hydrogen) atoms. The van der Waals surface area contributed by atoms with E-state index < -0.39 is 10.0 Å². The maximum atomic E-state index is 12.8. The number of carbonyl (C=O) groups excluding carboxylic acids is 1. The summed E-state index contributed by atoms with van der Waals surface area (Å²) in [7, 11) is -1.95. The number of halogens is 1. The second kappa shape index (κ2) is 9.04. The molecule has 156 valence electrons. The smallest absolute Gasteiger partial charge is 0.243 e. The summed E-state index contributed by atoms with van der Waals surface area (Å²) in [4.78, 5) is 16.7. The van der Waals surface area contributed by atoms with Crippen molar-refractivity contribution in [3.8, 4) is 5.75 Å². The van der Waals surface area contributed by atoms with Gasteiger partial charge in [0.15, 0.2) is 0 Å². The molecule has 1 fully saturated rings. The highest BCUT2D eigenvalue weighted by atomic mass is 79.9. The molecule has 0 aromatic heterocycles. The molecule has 0 N–H and O–H groups in total. The first-order valence-electron chi connectivity index (χ1n) is 9.18. The van der Waals surface area contributed by atoms with Crippen molar-refractivity contribution < 1.29 is 17.9 Å². The maximum absolute atomic E-state index is 12.8. The quantitative estimate of drug-likeness (QED) is 0.633. The molecule has 1 amide bonds. The van der Waals surface area contributed by atoms with Gasteiger partial charge in [0.1, 0.15) is 12.3 Å². The van der Waals surface area contributed by atoms with Crippen LogP contribution in [0.5, 0.6) is 5.75 Å². The molecule has 3 rings (SSSR count). The molecular weight excluding hydrogens is 458 g/mol. The number of ether oxygens (including phenoxy) is 1. The molecule has 0 atom stereocenters. The van der Waals surface area contributed by atoms with E-state index in [1.165, 1.54) is 0 Å². The summed E-state index contributed by atoms with van der Waals surface area (Å²) < 4.78 is 31.9. The van der Waals surface area contributed by atoms with Crippen molar-refractivity contribution in [3.63, 3.8) is 0 Å². The minimum Gasteiger partial charge on any atom is -0.495 e. The standard InChI is InChI=1S/C20H24BrN3O4S/c1-28-19-9-4-3-8-18(19)22-10-12-23(13-11-22)20(25)15-24(29(2,26)27)17-7-5-6-16(21)14-17/h3-9,14H,10-13,15H2,1-2H3. The topological polar surface area (TPSA) is 70.2 Å². The van der Waals surface area contributed by atoms with Crippen LogP contribution in [-0.2, 0) is 14.8 Å². The number of methoxy groups -OCH3 is 1. The summed E-state index contributed by atoms with van der Waals surface area (Å²) in [6.07, 6.45) is 1.11. The molecule has 2 aromatic rings. The lowest BCUT2D eigenvalue weighted by atomic mass is 10.2. The largest absolute Gasteiger partial charge is 0.495 e. The number of hydrogen-bond donors (Lipinski definition) is 0. The summed E-state index contributed by atoms with van der Waals surface area (Å²) >= 11 is 3.35. The predicted octanol–water partition coefficient (Wildman–Crippen LogP) is 2.57. The summed E-state index contributed by atoms with van der Waals surface area (Å²) in [5.41, 5.74) is 1.46. The Bertz CT molecular complexity index is 975. The number of amides is 1. The van der Waals surface area contributed by atoms with E-state index >= 15 is 0 Å². The highest BCUT2D eigenvalue weighted by molar-refractivity contribution is 9.10. The number of piperazine rings is 1. The molecule has 0 unspecified atom stereocenters. The molecule has 1 saturated heterocycles. The van der Waals surface area contributed by atoms with Crippen LogP contribution in [-0.4, -0.2) is 65.3 Å². The third-order valence-electron chi connectivity index (χ3n) is 4.83. The van der Waals surface area contributed by atoms with Crippen molar-refractivity contribution in [3.05, 3.63) is 53.0 Å². The monoisotopic (exact) mass is 481 g/mol. The first-order chi connectivity index (χ1) is 13.8. The zero-order valence-electron chi connectivity index (χ0n) is 16.4. The van der Waals surface area contributed by atoms with Gasteiger partial charge < -0.3 is 14.5 Å². The SMILES string of the molecule is COc1ccccc1N1CCN(C(=O)CN(c2cccc(Br)c2)S(C)(=O)=O)CC1. The van der Waals surface area contributed by atoms with Crippen LogP contribution in [0.3, 0.4) is 0 Å². The molecule has 0 aliphatic carbocycles. The van der Waals surface area contributed by atoms with E-state index in [9.17, 15) is 13.2 Å². The zero-order chi connectivity index (χ0) is 21.0. The minimum absolute atomic E-state index is 0.213. The molecule has 0 spiro atoms. The van der Waals surface area contributed by atoms with E-state index in [0.717, 1.165) is 26.5 Å². The van der Waals surface area contributed by atoms with Gasteiger partial charge in [-0.15, -0.1) is 0 Å². The van der Waals surface area contributed by atoms with Gasteiger partial charge in [0, 0.05) is 30.7 Å².